The molecule has 204 valence electrons. The van der Waals surface area contributed by atoms with Gasteiger partial charge in [0.15, 0.2) is 5.65 Å². The maximum atomic E-state index is 14.6. The fourth-order valence-electron chi connectivity index (χ4n) is 5.24. The number of anilines is 2. The summed E-state index contributed by atoms with van der Waals surface area (Å²) in [5.41, 5.74) is 1.27. The molecule has 1 amide bonds. The summed E-state index contributed by atoms with van der Waals surface area (Å²) < 4.78 is 35.7. The number of nitrogens with zero attached hydrogens (tertiary/aromatic N) is 6. The molecule has 38 heavy (non-hydrogen) atoms. The molecule has 9 nitrogen and oxygen atoms in total. The van der Waals surface area contributed by atoms with Crippen molar-refractivity contribution in [2.75, 3.05) is 43.1 Å². The zero-order chi connectivity index (χ0) is 27.0. The highest BCUT2D eigenvalue weighted by Crippen LogP contribution is 2.37. The first-order valence-corrected chi connectivity index (χ1v) is 13.1. The third-order valence-electron chi connectivity index (χ3n) is 7.05. The van der Waals surface area contributed by atoms with E-state index in [0.717, 1.165) is 24.6 Å². The predicted octanol–water partition coefficient (Wildman–Crippen LogP) is 4.66. The van der Waals surface area contributed by atoms with Gasteiger partial charge in [-0.2, -0.15) is 5.10 Å². The maximum Gasteiger partial charge on any atom is 0.410 e. The Kier molecular flexibility index (Phi) is 7.13. The Bertz CT molecular complexity index is 1310. The smallest absolute Gasteiger partial charge is 0.410 e. The zero-order valence-corrected chi connectivity index (χ0v) is 22.3. The molecule has 1 N–H and O–H groups in total. The van der Waals surface area contributed by atoms with Gasteiger partial charge in [0.05, 0.1) is 18.9 Å². The molecule has 2 aliphatic heterocycles. The van der Waals surface area contributed by atoms with E-state index in [1.165, 1.54) is 12.1 Å². The summed E-state index contributed by atoms with van der Waals surface area (Å²) >= 11 is 0. The number of rotatable bonds is 5. The van der Waals surface area contributed by atoms with Gasteiger partial charge in [0.2, 0.25) is 0 Å². The van der Waals surface area contributed by atoms with Crippen LogP contribution >= 0.6 is 0 Å². The largest absolute Gasteiger partial charge is 0.444 e. The van der Waals surface area contributed by atoms with E-state index in [0.29, 0.717) is 49.9 Å². The van der Waals surface area contributed by atoms with Crippen molar-refractivity contribution in [2.24, 2.45) is 0 Å². The molecule has 0 bridgehead atoms. The number of benzene rings is 1. The minimum atomic E-state index is -0.522. The van der Waals surface area contributed by atoms with Crippen molar-refractivity contribution >= 4 is 23.2 Å². The van der Waals surface area contributed by atoms with Crippen LogP contribution in [0.15, 0.2) is 36.7 Å². The van der Waals surface area contributed by atoms with Crippen molar-refractivity contribution in [1.82, 2.24) is 24.4 Å². The second-order valence-electron chi connectivity index (χ2n) is 11.1. The van der Waals surface area contributed by atoms with E-state index >= 15 is 0 Å². The van der Waals surface area contributed by atoms with Crippen LogP contribution in [0.25, 0.3) is 5.65 Å². The van der Waals surface area contributed by atoms with Gasteiger partial charge in [-0.3, -0.25) is 4.90 Å². The third kappa shape index (κ3) is 5.52. The average molecular weight is 528 g/mol. The van der Waals surface area contributed by atoms with Gasteiger partial charge in [0.25, 0.3) is 0 Å². The van der Waals surface area contributed by atoms with E-state index in [2.05, 4.69) is 15.3 Å². The number of amides is 1. The van der Waals surface area contributed by atoms with E-state index < -0.39 is 17.2 Å². The lowest BCUT2D eigenvalue weighted by Crippen LogP contribution is -2.55. The van der Waals surface area contributed by atoms with Crippen LogP contribution in [0.3, 0.4) is 0 Å². The molecule has 1 aromatic carbocycles. The molecule has 11 heteroatoms. The quantitative estimate of drug-likeness (QED) is 0.517. The third-order valence-corrected chi connectivity index (χ3v) is 7.05. The second kappa shape index (κ2) is 10.4. The van der Waals surface area contributed by atoms with Crippen LogP contribution in [-0.2, 0) is 4.74 Å². The van der Waals surface area contributed by atoms with E-state index in [4.69, 9.17) is 9.72 Å². The average Bonchev–Trinajstić information content (AvgIpc) is 3.50. The Hall–Kier alpha value is -3.47. The minimum Gasteiger partial charge on any atom is -0.444 e. The SMILES string of the molecule is C[C@H]1CN(CNc2cnn3ccc(N4CCC[C@@H]4c4cc(F)ccc4F)nc23)CCN1C(=O)OC(C)(C)C. The minimum absolute atomic E-state index is 0.0179. The lowest BCUT2D eigenvalue weighted by atomic mass is 10.0. The molecule has 0 unspecified atom stereocenters. The van der Waals surface area contributed by atoms with E-state index in [9.17, 15) is 13.6 Å². The number of carbonyl (C=O) groups excluding carboxylic acids is 1. The highest BCUT2D eigenvalue weighted by atomic mass is 19.1. The van der Waals surface area contributed by atoms with Crippen molar-refractivity contribution < 1.29 is 18.3 Å². The van der Waals surface area contributed by atoms with Gasteiger partial charge in [-0.1, -0.05) is 0 Å². The topological polar surface area (TPSA) is 78.2 Å². The Morgan fingerprint density at radius 3 is 2.76 bits per heavy atom. The highest BCUT2D eigenvalue weighted by molar-refractivity contribution is 5.69. The van der Waals surface area contributed by atoms with Crippen molar-refractivity contribution in [3.63, 3.8) is 0 Å². The van der Waals surface area contributed by atoms with Gasteiger partial charge in [-0.15, -0.1) is 0 Å². The number of nitrogens with one attached hydrogen (secondary N) is 1. The molecule has 2 saturated heterocycles. The first-order valence-electron chi connectivity index (χ1n) is 13.1. The fourth-order valence-corrected chi connectivity index (χ4v) is 5.24. The van der Waals surface area contributed by atoms with Crippen LogP contribution in [0.1, 0.15) is 52.1 Å². The summed E-state index contributed by atoms with van der Waals surface area (Å²) in [5.74, 6) is -0.149. The second-order valence-corrected chi connectivity index (χ2v) is 11.1. The Labute approximate surface area is 221 Å². The van der Waals surface area contributed by atoms with Crippen LogP contribution in [0.2, 0.25) is 0 Å². The number of piperazine rings is 1. The Morgan fingerprint density at radius 2 is 2.00 bits per heavy atom. The summed E-state index contributed by atoms with van der Waals surface area (Å²) in [6.45, 7) is 10.9. The van der Waals surface area contributed by atoms with Gasteiger partial charge in [0, 0.05) is 44.0 Å². The van der Waals surface area contributed by atoms with Gasteiger partial charge in [-0.05, 0) is 64.8 Å². The lowest BCUT2D eigenvalue weighted by molar-refractivity contribution is 0.00233. The molecule has 4 heterocycles. The summed E-state index contributed by atoms with van der Waals surface area (Å²) in [7, 11) is 0. The van der Waals surface area contributed by atoms with Gasteiger partial charge < -0.3 is 19.9 Å². The highest BCUT2D eigenvalue weighted by Gasteiger charge is 2.32. The van der Waals surface area contributed by atoms with Gasteiger partial charge in [0.1, 0.15) is 28.7 Å². The van der Waals surface area contributed by atoms with Crippen molar-refractivity contribution in [2.45, 2.75) is 58.2 Å². The van der Waals surface area contributed by atoms with Crippen LogP contribution in [-0.4, -0.2) is 75.0 Å². The molecule has 2 aliphatic rings. The number of halogens is 2. The number of hydrogen-bond donors (Lipinski definition) is 1. The first-order chi connectivity index (χ1) is 18.1. The van der Waals surface area contributed by atoms with Crippen LogP contribution < -0.4 is 10.2 Å². The van der Waals surface area contributed by atoms with Crippen molar-refractivity contribution in [3.8, 4) is 0 Å². The van der Waals surface area contributed by atoms with E-state index in [-0.39, 0.29) is 18.2 Å². The van der Waals surface area contributed by atoms with Gasteiger partial charge in [-0.25, -0.2) is 23.1 Å². The molecule has 2 fully saturated rings. The molecular weight excluding hydrogens is 492 g/mol. The molecule has 2 atom stereocenters. The van der Waals surface area contributed by atoms with E-state index in [1.807, 2.05) is 44.9 Å². The Balaban J connectivity index is 1.26. The number of ether oxygens (including phenoxy) is 1. The predicted molar refractivity (Wildman–Crippen MR) is 141 cm³/mol. The summed E-state index contributed by atoms with van der Waals surface area (Å²) in [6.07, 6.45) is 4.88. The lowest BCUT2D eigenvalue weighted by Gasteiger charge is -2.40. The van der Waals surface area contributed by atoms with Crippen LogP contribution in [0.5, 0.6) is 0 Å². The molecule has 5 rings (SSSR count). The van der Waals surface area contributed by atoms with Gasteiger partial charge >= 0.3 is 6.09 Å². The van der Waals surface area contributed by atoms with Crippen molar-refractivity contribution in [1.29, 1.82) is 0 Å². The molecule has 0 radical (unpaired) electrons. The number of carbonyl (C=O) groups is 1. The number of hydrogen-bond acceptors (Lipinski definition) is 7. The number of fused-ring (bicyclic) bond motifs is 1. The maximum absolute atomic E-state index is 14.6. The normalized spacial score (nSPS) is 20.8. The number of aromatic nitrogens is 3. The van der Waals surface area contributed by atoms with Crippen LogP contribution in [0.4, 0.5) is 25.1 Å². The van der Waals surface area contributed by atoms with Crippen LogP contribution in [0, 0.1) is 11.6 Å². The summed E-state index contributed by atoms with van der Waals surface area (Å²) in [4.78, 5) is 23.4. The fraction of sp³-hybridized carbons (Fsp3) is 0.519. The molecule has 0 saturated carbocycles. The molecule has 0 aliphatic carbocycles. The summed E-state index contributed by atoms with van der Waals surface area (Å²) in [6, 6.07) is 5.21. The van der Waals surface area contributed by atoms with Crippen molar-refractivity contribution in [3.05, 3.63) is 53.9 Å². The first kappa shape index (κ1) is 26.1. The Morgan fingerprint density at radius 1 is 1.18 bits per heavy atom. The molecule has 2 aromatic heterocycles. The molecule has 0 spiro atoms. The zero-order valence-electron chi connectivity index (χ0n) is 22.3. The van der Waals surface area contributed by atoms with E-state index in [1.54, 1.807) is 15.6 Å². The molecule has 3 aromatic rings. The summed E-state index contributed by atoms with van der Waals surface area (Å²) in [5, 5.41) is 7.85. The molecular formula is C27H35F2N7O2. The standard InChI is InChI=1S/C27H35F2N7O2/c1-18-16-33(12-13-34(18)26(37)38-27(2,3)4)17-30-22-15-31-36-11-9-24(32-25(22)36)35-10-5-6-23(35)20-14-19(28)7-8-21(20)29/h7-9,11,14-15,18,23,30H,5-6,10,12-13,16-17H2,1-4H3/t18-,23+/m0/s1. The monoisotopic (exact) mass is 527 g/mol.